The third-order valence-electron chi connectivity index (χ3n) is 3.32. The van der Waals surface area contributed by atoms with Gasteiger partial charge in [0.25, 0.3) is 0 Å². The van der Waals surface area contributed by atoms with Crippen molar-refractivity contribution < 1.29 is 10.0 Å². The Hall–Kier alpha value is -1.30. The van der Waals surface area contributed by atoms with Gasteiger partial charge in [0.2, 0.25) is 5.91 Å². The minimum atomic E-state index is 0.0899. The summed E-state index contributed by atoms with van der Waals surface area (Å²) >= 11 is 0. The van der Waals surface area contributed by atoms with E-state index in [-0.39, 0.29) is 17.2 Å². The number of hydrogen-bond acceptors (Lipinski definition) is 4. The molecule has 0 bridgehead atoms. The zero-order chi connectivity index (χ0) is 12.9. The first-order valence-corrected chi connectivity index (χ1v) is 5.94. The van der Waals surface area contributed by atoms with Gasteiger partial charge in [-0.25, -0.2) is 0 Å². The maximum atomic E-state index is 11.5. The number of carbonyl (C=O) groups excluding carboxylic acids is 1. The van der Waals surface area contributed by atoms with Gasteiger partial charge < -0.3 is 21.2 Å². The van der Waals surface area contributed by atoms with Gasteiger partial charge in [0.15, 0.2) is 0 Å². The summed E-state index contributed by atoms with van der Waals surface area (Å²) in [7, 11) is 1.79. The molecule has 0 unspecified atom stereocenters. The molecule has 17 heavy (non-hydrogen) atoms. The van der Waals surface area contributed by atoms with Crippen molar-refractivity contribution >= 4 is 11.7 Å². The van der Waals surface area contributed by atoms with E-state index in [0.717, 1.165) is 25.9 Å². The van der Waals surface area contributed by atoms with Gasteiger partial charge >= 0.3 is 0 Å². The van der Waals surface area contributed by atoms with Crippen LogP contribution in [0.15, 0.2) is 5.16 Å². The standard InChI is InChI=1S/C11H22N4O2/c1-3-15(2)10(16)7-13-8-11(4-5-11)6-9(12)14-17/h13,17H,3-8H2,1-2H3,(H2,12,14). The lowest BCUT2D eigenvalue weighted by Crippen LogP contribution is -2.38. The molecule has 0 aromatic heterocycles. The van der Waals surface area contributed by atoms with Crippen molar-refractivity contribution in [3.63, 3.8) is 0 Å². The largest absolute Gasteiger partial charge is 0.409 e. The number of likely N-dealkylation sites (N-methyl/N-ethyl adjacent to an activating group) is 1. The van der Waals surface area contributed by atoms with Crippen molar-refractivity contribution in [2.24, 2.45) is 16.3 Å². The van der Waals surface area contributed by atoms with Crippen LogP contribution in [0.3, 0.4) is 0 Å². The van der Waals surface area contributed by atoms with Crippen molar-refractivity contribution in [1.82, 2.24) is 10.2 Å². The lowest BCUT2D eigenvalue weighted by Gasteiger charge is -2.18. The second-order valence-corrected chi connectivity index (χ2v) is 4.78. The summed E-state index contributed by atoms with van der Waals surface area (Å²) < 4.78 is 0. The fraction of sp³-hybridized carbons (Fsp3) is 0.818. The van der Waals surface area contributed by atoms with Gasteiger partial charge in [0.1, 0.15) is 5.84 Å². The number of oxime groups is 1. The lowest BCUT2D eigenvalue weighted by molar-refractivity contribution is -0.128. The Morgan fingerprint density at radius 2 is 2.24 bits per heavy atom. The van der Waals surface area contributed by atoms with Gasteiger partial charge in [-0.3, -0.25) is 4.79 Å². The molecule has 1 saturated carbocycles. The highest BCUT2D eigenvalue weighted by atomic mass is 16.4. The highest BCUT2D eigenvalue weighted by Gasteiger charge is 2.42. The number of nitrogens with two attached hydrogens (primary N) is 1. The van der Waals surface area contributed by atoms with Crippen molar-refractivity contribution in [3.05, 3.63) is 0 Å². The van der Waals surface area contributed by atoms with E-state index in [4.69, 9.17) is 10.9 Å². The van der Waals surface area contributed by atoms with Crippen LogP contribution >= 0.6 is 0 Å². The molecule has 0 radical (unpaired) electrons. The van der Waals surface area contributed by atoms with Crippen molar-refractivity contribution in [3.8, 4) is 0 Å². The Bertz CT molecular complexity index is 300. The van der Waals surface area contributed by atoms with Crippen LogP contribution in [0.5, 0.6) is 0 Å². The van der Waals surface area contributed by atoms with Crippen LogP contribution in [0.4, 0.5) is 0 Å². The number of nitrogens with one attached hydrogen (secondary N) is 1. The van der Waals surface area contributed by atoms with E-state index < -0.39 is 0 Å². The predicted molar refractivity (Wildman–Crippen MR) is 65.9 cm³/mol. The number of hydrogen-bond donors (Lipinski definition) is 3. The highest BCUT2D eigenvalue weighted by Crippen LogP contribution is 2.48. The number of amides is 1. The van der Waals surface area contributed by atoms with Crippen LogP contribution in [-0.2, 0) is 4.79 Å². The minimum absolute atomic E-state index is 0.0899. The predicted octanol–water partition coefficient (Wildman–Crippen LogP) is -0.0290. The molecule has 0 aliphatic heterocycles. The number of nitrogens with zero attached hydrogens (tertiary/aromatic N) is 2. The molecular formula is C11H22N4O2. The van der Waals surface area contributed by atoms with Crippen LogP contribution in [0.1, 0.15) is 26.2 Å². The summed E-state index contributed by atoms with van der Waals surface area (Å²) in [5.41, 5.74) is 5.60. The average Bonchev–Trinajstić information content (AvgIpc) is 3.07. The molecule has 1 rings (SSSR count). The monoisotopic (exact) mass is 242 g/mol. The van der Waals surface area contributed by atoms with Gasteiger partial charge in [-0.15, -0.1) is 0 Å². The zero-order valence-corrected chi connectivity index (χ0v) is 10.6. The van der Waals surface area contributed by atoms with Crippen LogP contribution in [-0.4, -0.2) is 48.5 Å². The van der Waals surface area contributed by atoms with E-state index in [1.807, 2.05) is 6.92 Å². The van der Waals surface area contributed by atoms with E-state index in [0.29, 0.717) is 13.0 Å². The fourth-order valence-corrected chi connectivity index (χ4v) is 1.76. The Labute approximate surface area is 102 Å². The maximum absolute atomic E-state index is 11.5. The fourth-order valence-electron chi connectivity index (χ4n) is 1.76. The third-order valence-corrected chi connectivity index (χ3v) is 3.32. The van der Waals surface area contributed by atoms with Crippen LogP contribution < -0.4 is 11.1 Å². The Morgan fingerprint density at radius 3 is 2.71 bits per heavy atom. The summed E-state index contributed by atoms with van der Waals surface area (Å²) in [5, 5.41) is 14.7. The highest BCUT2D eigenvalue weighted by molar-refractivity contribution is 5.80. The normalized spacial score (nSPS) is 17.9. The lowest BCUT2D eigenvalue weighted by atomic mass is 10.0. The van der Waals surface area contributed by atoms with Crippen molar-refractivity contribution in [2.45, 2.75) is 26.2 Å². The molecule has 4 N–H and O–H groups in total. The molecule has 1 aliphatic carbocycles. The van der Waals surface area contributed by atoms with Gasteiger partial charge in [-0.2, -0.15) is 0 Å². The van der Waals surface area contributed by atoms with Gasteiger partial charge in [-0.05, 0) is 25.2 Å². The zero-order valence-electron chi connectivity index (χ0n) is 10.6. The maximum Gasteiger partial charge on any atom is 0.236 e. The molecule has 1 aliphatic rings. The van der Waals surface area contributed by atoms with E-state index in [2.05, 4.69) is 10.5 Å². The van der Waals surface area contributed by atoms with Crippen molar-refractivity contribution in [1.29, 1.82) is 0 Å². The Balaban J connectivity index is 2.25. The summed E-state index contributed by atoms with van der Waals surface area (Å²) in [5.74, 6) is 0.355. The summed E-state index contributed by atoms with van der Waals surface area (Å²) in [6.45, 7) is 3.75. The molecular weight excluding hydrogens is 220 g/mol. The van der Waals surface area contributed by atoms with Crippen LogP contribution in [0, 0.1) is 5.41 Å². The number of amidine groups is 1. The summed E-state index contributed by atoms with van der Waals surface area (Å²) in [6.07, 6.45) is 2.72. The van der Waals surface area contributed by atoms with E-state index in [1.54, 1.807) is 11.9 Å². The van der Waals surface area contributed by atoms with Crippen molar-refractivity contribution in [2.75, 3.05) is 26.7 Å². The molecule has 0 heterocycles. The molecule has 6 nitrogen and oxygen atoms in total. The first-order chi connectivity index (χ1) is 8.03. The second-order valence-electron chi connectivity index (χ2n) is 4.78. The molecule has 0 saturated heterocycles. The Kier molecular flexibility index (Phi) is 4.74. The third kappa shape index (κ3) is 4.22. The topological polar surface area (TPSA) is 91.0 Å². The molecule has 0 spiro atoms. The quantitative estimate of drug-likeness (QED) is 0.253. The first kappa shape index (κ1) is 13.8. The molecule has 1 fully saturated rings. The summed E-state index contributed by atoms with van der Waals surface area (Å²) in [4.78, 5) is 13.2. The van der Waals surface area contributed by atoms with E-state index in [9.17, 15) is 4.79 Å². The minimum Gasteiger partial charge on any atom is -0.409 e. The van der Waals surface area contributed by atoms with Gasteiger partial charge in [0.05, 0.1) is 6.54 Å². The van der Waals surface area contributed by atoms with E-state index >= 15 is 0 Å². The average molecular weight is 242 g/mol. The Morgan fingerprint density at radius 1 is 1.59 bits per heavy atom. The van der Waals surface area contributed by atoms with Crippen LogP contribution in [0.25, 0.3) is 0 Å². The van der Waals surface area contributed by atoms with Gasteiger partial charge in [0, 0.05) is 26.6 Å². The van der Waals surface area contributed by atoms with Crippen LogP contribution in [0.2, 0.25) is 0 Å². The SMILES string of the molecule is CCN(C)C(=O)CNCC1(CC(N)=NO)CC1. The molecule has 98 valence electrons. The molecule has 0 atom stereocenters. The number of carbonyl (C=O) groups is 1. The molecule has 0 aromatic rings. The smallest absolute Gasteiger partial charge is 0.236 e. The molecule has 1 amide bonds. The first-order valence-electron chi connectivity index (χ1n) is 5.94. The number of rotatable bonds is 7. The molecule has 6 heteroatoms. The van der Waals surface area contributed by atoms with E-state index in [1.165, 1.54) is 0 Å². The summed E-state index contributed by atoms with van der Waals surface area (Å²) in [6, 6.07) is 0. The second kappa shape index (κ2) is 5.86. The molecule has 0 aromatic carbocycles. The van der Waals surface area contributed by atoms with Gasteiger partial charge in [-0.1, -0.05) is 5.16 Å².